The van der Waals surface area contributed by atoms with Crippen molar-refractivity contribution >= 4 is 0 Å². The van der Waals surface area contributed by atoms with Crippen molar-refractivity contribution in [1.82, 2.24) is 0 Å². The molecule has 5 rings (SSSR count). The molecule has 8 atom stereocenters. The molecule has 16 heavy (non-hydrogen) atoms. The maximum Gasteiger partial charge on any atom is 0.116 e. The lowest BCUT2D eigenvalue weighted by molar-refractivity contribution is 0.281. The van der Waals surface area contributed by atoms with Crippen LogP contribution in [0.5, 0.6) is 0 Å². The lowest BCUT2D eigenvalue weighted by Crippen LogP contribution is -2.15. The molecule has 0 aromatic heterocycles. The van der Waals surface area contributed by atoms with Gasteiger partial charge in [-0.3, -0.25) is 0 Å². The third-order valence-corrected chi connectivity index (χ3v) is 4.57. The van der Waals surface area contributed by atoms with Crippen LogP contribution in [0.3, 0.4) is 0 Å². The van der Waals surface area contributed by atoms with E-state index < -0.39 is 0 Å². The highest BCUT2D eigenvalue weighted by molar-refractivity contribution is 5.15. The van der Waals surface area contributed by atoms with Crippen molar-refractivity contribution in [3.05, 3.63) is 0 Å². The highest BCUT2D eigenvalue weighted by atomic mass is 16.7. The molecule has 0 aromatic carbocycles. The van der Waals surface area contributed by atoms with E-state index in [1.807, 2.05) is 0 Å². The zero-order valence-corrected chi connectivity index (χ0v) is 9.08. The van der Waals surface area contributed by atoms with Gasteiger partial charge in [0.25, 0.3) is 0 Å². The molecule has 8 unspecified atom stereocenters. The van der Waals surface area contributed by atoms with Gasteiger partial charge in [0.05, 0.1) is 12.2 Å². The minimum absolute atomic E-state index is 0.310. The Hall–Kier alpha value is -0.160. The summed E-state index contributed by atoms with van der Waals surface area (Å²) in [5.41, 5.74) is 0. The second-order valence-corrected chi connectivity index (χ2v) is 5.69. The van der Waals surface area contributed by atoms with Crippen molar-refractivity contribution in [2.45, 2.75) is 74.5 Å². The Morgan fingerprint density at radius 2 is 0.938 bits per heavy atom. The summed E-state index contributed by atoms with van der Waals surface area (Å²) in [4.78, 5) is 0. The van der Waals surface area contributed by atoms with Gasteiger partial charge in [0.2, 0.25) is 0 Å². The van der Waals surface area contributed by atoms with Gasteiger partial charge in [-0.15, -0.1) is 0 Å². The van der Waals surface area contributed by atoms with Crippen molar-refractivity contribution in [2.24, 2.45) is 0 Å². The average Bonchev–Trinajstić information content (AvgIpc) is 3.14. The molecule has 5 fully saturated rings. The quantitative estimate of drug-likeness (QED) is 0.566. The molecule has 4 nitrogen and oxygen atoms in total. The Bertz CT molecular complexity index is 301. The van der Waals surface area contributed by atoms with E-state index >= 15 is 0 Å². The fraction of sp³-hybridized carbons (Fsp3) is 1.00. The molecule has 4 saturated heterocycles. The SMILES string of the molecule is C1CCC2OC2C2OC2C2OC2C2OC2C1. The van der Waals surface area contributed by atoms with E-state index in [-0.39, 0.29) is 0 Å². The van der Waals surface area contributed by atoms with Crippen molar-refractivity contribution in [1.29, 1.82) is 0 Å². The Labute approximate surface area is 94.2 Å². The molecule has 0 N–H and O–H groups in total. The Balaban J connectivity index is 1.32. The number of fused-ring (bicyclic) bond motifs is 7. The Kier molecular flexibility index (Phi) is 1.55. The van der Waals surface area contributed by atoms with Crippen molar-refractivity contribution in [3.63, 3.8) is 0 Å². The van der Waals surface area contributed by atoms with E-state index in [9.17, 15) is 0 Å². The van der Waals surface area contributed by atoms with E-state index in [2.05, 4.69) is 0 Å². The summed E-state index contributed by atoms with van der Waals surface area (Å²) in [6, 6.07) is 0. The van der Waals surface area contributed by atoms with E-state index in [1.165, 1.54) is 25.7 Å². The zero-order valence-electron chi connectivity index (χ0n) is 9.08. The largest absolute Gasteiger partial charge is 0.367 e. The predicted octanol–water partition coefficient (Wildman–Crippen LogP) is 0.630. The third-order valence-electron chi connectivity index (χ3n) is 4.57. The van der Waals surface area contributed by atoms with Crippen LogP contribution in [0, 0.1) is 0 Å². The van der Waals surface area contributed by atoms with Crippen LogP contribution in [0.1, 0.15) is 25.7 Å². The second-order valence-electron chi connectivity index (χ2n) is 5.69. The van der Waals surface area contributed by atoms with Crippen molar-refractivity contribution in [2.75, 3.05) is 0 Å². The molecule has 0 spiro atoms. The maximum atomic E-state index is 5.70. The Morgan fingerprint density at radius 1 is 0.500 bits per heavy atom. The van der Waals surface area contributed by atoms with E-state index in [1.54, 1.807) is 0 Å². The molecular formula is C12H16O4. The topological polar surface area (TPSA) is 50.1 Å². The normalized spacial score (nSPS) is 66.0. The molecule has 0 bridgehead atoms. The fourth-order valence-corrected chi connectivity index (χ4v) is 3.38. The molecular weight excluding hydrogens is 208 g/mol. The molecule has 4 aliphatic heterocycles. The summed E-state index contributed by atoms with van der Waals surface area (Å²) in [5, 5.41) is 0. The van der Waals surface area contributed by atoms with Crippen molar-refractivity contribution < 1.29 is 18.9 Å². The van der Waals surface area contributed by atoms with Crippen LogP contribution >= 0.6 is 0 Å². The summed E-state index contributed by atoms with van der Waals surface area (Å²) in [6.45, 7) is 0. The van der Waals surface area contributed by atoms with Gasteiger partial charge in [0, 0.05) is 0 Å². The van der Waals surface area contributed by atoms with Crippen LogP contribution in [0.25, 0.3) is 0 Å². The average molecular weight is 224 g/mol. The standard InChI is InChI=1S/C12H16O4/c1-2-4-6-8(14-6)10-12(16-10)11-9(15-11)7-5(3-1)13-7/h5-12H,1-4H2. The molecule has 0 aromatic rings. The van der Waals surface area contributed by atoms with Crippen LogP contribution < -0.4 is 0 Å². The van der Waals surface area contributed by atoms with Gasteiger partial charge in [-0.25, -0.2) is 0 Å². The minimum atomic E-state index is 0.310. The summed E-state index contributed by atoms with van der Waals surface area (Å²) >= 11 is 0. The van der Waals surface area contributed by atoms with E-state index in [0.29, 0.717) is 48.8 Å². The molecule has 0 amide bonds. The fourth-order valence-electron chi connectivity index (χ4n) is 3.38. The van der Waals surface area contributed by atoms with Gasteiger partial charge < -0.3 is 18.9 Å². The molecule has 0 radical (unpaired) electrons. The minimum Gasteiger partial charge on any atom is -0.367 e. The maximum absolute atomic E-state index is 5.70. The van der Waals surface area contributed by atoms with Gasteiger partial charge in [0.1, 0.15) is 36.6 Å². The summed E-state index contributed by atoms with van der Waals surface area (Å²) in [5.74, 6) is 0. The first-order valence-electron chi connectivity index (χ1n) is 6.54. The highest BCUT2D eigenvalue weighted by Crippen LogP contribution is 2.51. The van der Waals surface area contributed by atoms with Gasteiger partial charge >= 0.3 is 0 Å². The predicted molar refractivity (Wildman–Crippen MR) is 53.1 cm³/mol. The molecule has 1 saturated carbocycles. The molecule has 5 aliphatic rings. The highest BCUT2D eigenvalue weighted by Gasteiger charge is 2.69. The number of rotatable bonds is 0. The number of epoxide rings is 4. The smallest absolute Gasteiger partial charge is 0.116 e. The number of hydrogen-bond acceptors (Lipinski definition) is 4. The van der Waals surface area contributed by atoms with E-state index in [4.69, 9.17) is 18.9 Å². The lowest BCUT2D eigenvalue weighted by atomic mass is 10.0. The Morgan fingerprint density at radius 3 is 1.44 bits per heavy atom. The van der Waals surface area contributed by atoms with Crippen LogP contribution in [0.15, 0.2) is 0 Å². The third kappa shape index (κ3) is 1.24. The summed E-state index contributed by atoms with van der Waals surface area (Å²) in [6.07, 6.45) is 7.91. The monoisotopic (exact) mass is 224 g/mol. The number of hydrogen-bond donors (Lipinski definition) is 0. The first-order chi connectivity index (χ1) is 7.92. The van der Waals surface area contributed by atoms with E-state index in [0.717, 1.165) is 0 Å². The summed E-state index contributed by atoms with van der Waals surface area (Å²) in [7, 11) is 0. The molecule has 4 heteroatoms. The summed E-state index contributed by atoms with van der Waals surface area (Å²) < 4.78 is 22.8. The molecule has 88 valence electrons. The van der Waals surface area contributed by atoms with Gasteiger partial charge in [-0.05, 0) is 12.8 Å². The first-order valence-corrected chi connectivity index (χ1v) is 6.54. The first kappa shape index (κ1) is 8.86. The van der Waals surface area contributed by atoms with Crippen LogP contribution in [-0.4, -0.2) is 48.8 Å². The van der Waals surface area contributed by atoms with Gasteiger partial charge in [-0.1, -0.05) is 12.8 Å². The molecule has 4 heterocycles. The lowest BCUT2D eigenvalue weighted by Gasteiger charge is -1.96. The zero-order chi connectivity index (χ0) is 10.3. The second kappa shape index (κ2) is 2.80. The van der Waals surface area contributed by atoms with Crippen molar-refractivity contribution in [3.8, 4) is 0 Å². The number of ether oxygens (including phenoxy) is 4. The van der Waals surface area contributed by atoms with Crippen LogP contribution in [0.2, 0.25) is 0 Å². The van der Waals surface area contributed by atoms with Gasteiger partial charge in [-0.2, -0.15) is 0 Å². The van der Waals surface area contributed by atoms with Crippen LogP contribution in [0.4, 0.5) is 0 Å². The van der Waals surface area contributed by atoms with Crippen LogP contribution in [-0.2, 0) is 18.9 Å². The van der Waals surface area contributed by atoms with Gasteiger partial charge in [0.15, 0.2) is 0 Å². The molecule has 1 aliphatic carbocycles.